The van der Waals surface area contributed by atoms with Crippen LogP contribution in [0, 0.1) is 11.3 Å². The Morgan fingerprint density at radius 3 is 2.65 bits per heavy atom. The molecule has 3 nitrogen and oxygen atoms in total. The molecule has 5 heteroatoms. The summed E-state index contributed by atoms with van der Waals surface area (Å²) in [5.41, 5.74) is -2.85. The minimum atomic E-state index is -2.79. The van der Waals surface area contributed by atoms with Crippen LogP contribution in [0.4, 0.5) is 4.39 Å². The highest BCUT2D eigenvalue weighted by atomic mass is 79.9. The van der Waals surface area contributed by atoms with Gasteiger partial charge in [-0.3, -0.25) is 0 Å². The first-order valence-electron chi connectivity index (χ1n) is 4.69. The average Bonchev–Trinajstić information content (AvgIpc) is 2.35. The summed E-state index contributed by atoms with van der Waals surface area (Å²) in [6.07, 6.45) is 1.30. The fraction of sp³-hybridized carbons (Fsp3) is 0.167. The molecule has 0 heterocycles. The number of esters is 1. The maximum absolute atomic E-state index is 14.2. The third-order valence-electron chi connectivity index (χ3n) is 2.01. The van der Waals surface area contributed by atoms with E-state index in [-0.39, 0.29) is 12.2 Å². The molecule has 1 unspecified atom stereocenters. The largest absolute Gasteiger partial charge is 0.458 e. The van der Waals surface area contributed by atoms with E-state index in [9.17, 15) is 9.18 Å². The molecule has 0 aliphatic heterocycles. The Morgan fingerprint density at radius 1 is 1.59 bits per heavy atom. The lowest BCUT2D eigenvalue weighted by molar-refractivity contribution is -0.153. The van der Waals surface area contributed by atoms with Gasteiger partial charge in [-0.1, -0.05) is 40.7 Å². The van der Waals surface area contributed by atoms with Crippen LogP contribution in [0.3, 0.4) is 0 Å². The Labute approximate surface area is 107 Å². The monoisotopic (exact) mass is 297 g/mol. The molecular formula is C12H9BrFNO2. The third-order valence-corrected chi connectivity index (χ3v) is 2.54. The summed E-state index contributed by atoms with van der Waals surface area (Å²) >= 11 is 3.18. The minimum Gasteiger partial charge on any atom is -0.458 e. The number of ether oxygens (including phenoxy) is 1. The Hall–Kier alpha value is -1.67. The molecule has 0 fully saturated rings. The highest BCUT2D eigenvalue weighted by Gasteiger charge is 2.42. The van der Waals surface area contributed by atoms with Crippen LogP contribution in [0.1, 0.15) is 5.56 Å². The van der Waals surface area contributed by atoms with Gasteiger partial charge in [-0.05, 0) is 12.1 Å². The Balaban J connectivity index is 3.03. The molecule has 0 amide bonds. The van der Waals surface area contributed by atoms with Crippen molar-refractivity contribution >= 4 is 21.9 Å². The number of nitriles is 1. The molecule has 0 bridgehead atoms. The number of nitrogens with zero attached hydrogens (tertiary/aromatic N) is 1. The van der Waals surface area contributed by atoms with Crippen molar-refractivity contribution in [2.45, 2.75) is 5.67 Å². The van der Waals surface area contributed by atoms with Crippen LogP contribution in [-0.4, -0.2) is 12.6 Å². The van der Waals surface area contributed by atoms with Crippen LogP contribution in [0.2, 0.25) is 0 Å². The van der Waals surface area contributed by atoms with Crippen molar-refractivity contribution in [3.8, 4) is 6.07 Å². The maximum Gasteiger partial charge on any atom is 0.364 e. The van der Waals surface area contributed by atoms with Crippen LogP contribution in [0.5, 0.6) is 0 Å². The van der Waals surface area contributed by atoms with Gasteiger partial charge in [0.1, 0.15) is 12.7 Å². The van der Waals surface area contributed by atoms with E-state index < -0.39 is 11.6 Å². The smallest absolute Gasteiger partial charge is 0.364 e. The number of carbonyl (C=O) groups is 1. The van der Waals surface area contributed by atoms with Gasteiger partial charge < -0.3 is 4.74 Å². The predicted octanol–water partition coefficient (Wildman–Crippen LogP) is 2.87. The molecule has 17 heavy (non-hydrogen) atoms. The van der Waals surface area contributed by atoms with Gasteiger partial charge in [-0.15, -0.1) is 0 Å². The molecule has 0 saturated heterocycles. The van der Waals surface area contributed by atoms with E-state index in [1.807, 2.05) is 0 Å². The van der Waals surface area contributed by atoms with E-state index in [1.54, 1.807) is 12.1 Å². The van der Waals surface area contributed by atoms with Crippen molar-refractivity contribution in [3.05, 3.63) is 47.0 Å². The number of hydrogen-bond acceptors (Lipinski definition) is 3. The van der Waals surface area contributed by atoms with Gasteiger partial charge >= 0.3 is 11.6 Å². The van der Waals surface area contributed by atoms with E-state index in [4.69, 9.17) is 5.26 Å². The molecule has 0 spiro atoms. The van der Waals surface area contributed by atoms with E-state index in [0.717, 1.165) is 4.47 Å². The van der Waals surface area contributed by atoms with Crippen molar-refractivity contribution in [2.24, 2.45) is 0 Å². The molecule has 0 saturated carbocycles. The van der Waals surface area contributed by atoms with Gasteiger partial charge in [0.2, 0.25) is 0 Å². The zero-order chi connectivity index (χ0) is 12.9. The van der Waals surface area contributed by atoms with E-state index in [0.29, 0.717) is 0 Å². The predicted molar refractivity (Wildman–Crippen MR) is 63.7 cm³/mol. The van der Waals surface area contributed by atoms with Gasteiger partial charge in [0.05, 0.1) is 0 Å². The first-order valence-corrected chi connectivity index (χ1v) is 5.48. The first-order chi connectivity index (χ1) is 8.04. The summed E-state index contributed by atoms with van der Waals surface area (Å²) in [6.45, 7) is 3.20. The van der Waals surface area contributed by atoms with Crippen LogP contribution < -0.4 is 0 Å². The summed E-state index contributed by atoms with van der Waals surface area (Å²) in [5, 5.41) is 8.81. The molecular weight excluding hydrogens is 289 g/mol. The Bertz CT molecular complexity index is 466. The number of rotatable bonds is 4. The van der Waals surface area contributed by atoms with Gasteiger partial charge in [-0.25, -0.2) is 9.18 Å². The normalized spacial score (nSPS) is 13.2. The number of hydrogen-bond donors (Lipinski definition) is 0. The van der Waals surface area contributed by atoms with Crippen LogP contribution >= 0.6 is 15.9 Å². The summed E-state index contributed by atoms with van der Waals surface area (Å²) in [6, 6.07) is 7.12. The first kappa shape index (κ1) is 13.4. The van der Waals surface area contributed by atoms with E-state index in [1.165, 1.54) is 24.3 Å². The van der Waals surface area contributed by atoms with E-state index >= 15 is 0 Å². The topological polar surface area (TPSA) is 50.1 Å². The summed E-state index contributed by atoms with van der Waals surface area (Å²) < 4.78 is 19.5. The van der Waals surface area contributed by atoms with Gasteiger partial charge in [0, 0.05) is 10.0 Å². The van der Waals surface area contributed by atoms with Crippen LogP contribution in [-0.2, 0) is 15.2 Å². The molecule has 1 atom stereocenters. The maximum atomic E-state index is 14.2. The minimum absolute atomic E-state index is 0.0581. The molecule has 0 aromatic heterocycles. The molecule has 1 aromatic carbocycles. The molecule has 0 N–H and O–H groups in total. The van der Waals surface area contributed by atoms with Gasteiger partial charge in [0.15, 0.2) is 0 Å². The highest BCUT2D eigenvalue weighted by Crippen LogP contribution is 2.28. The Morgan fingerprint density at radius 2 is 2.18 bits per heavy atom. The zero-order valence-corrected chi connectivity index (χ0v) is 10.4. The summed E-state index contributed by atoms with van der Waals surface area (Å²) in [5.74, 6) is -1.23. The van der Waals surface area contributed by atoms with Crippen molar-refractivity contribution in [1.82, 2.24) is 0 Å². The number of benzene rings is 1. The number of alkyl halides is 1. The lowest BCUT2D eigenvalue weighted by Crippen LogP contribution is -2.31. The van der Waals surface area contributed by atoms with Crippen LogP contribution in [0.15, 0.2) is 41.4 Å². The fourth-order valence-electron chi connectivity index (χ4n) is 1.14. The lowest BCUT2D eigenvalue weighted by atomic mass is 9.98. The molecule has 0 aliphatic carbocycles. The van der Waals surface area contributed by atoms with Crippen molar-refractivity contribution in [1.29, 1.82) is 5.26 Å². The Kier molecular flexibility index (Phi) is 4.41. The molecule has 0 aliphatic rings. The molecule has 1 rings (SSSR count). The van der Waals surface area contributed by atoms with Gasteiger partial charge in [-0.2, -0.15) is 5.26 Å². The van der Waals surface area contributed by atoms with Crippen LogP contribution in [0.25, 0.3) is 0 Å². The van der Waals surface area contributed by atoms with Gasteiger partial charge in [0.25, 0.3) is 0 Å². The van der Waals surface area contributed by atoms with Crippen molar-refractivity contribution in [3.63, 3.8) is 0 Å². The second-order valence-corrected chi connectivity index (χ2v) is 4.08. The number of carbonyl (C=O) groups excluding carboxylic acids is 1. The second kappa shape index (κ2) is 5.60. The second-order valence-electron chi connectivity index (χ2n) is 3.16. The lowest BCUT2D eigenvalue weighted by Gasteiger charge is -2.15. The van der Waals surface area contributed by atoms with Crippen molar-refractivity contribution in [2.75, 3.05) is 6.61 Å². The fourth-order valence-corrected chi connectivity index (χ4v) is 1.41. The van der Waals surface area contributed by atoms with Crippen molar-refractivity contribution < 1.29 is 13.9 Å². The standard InChI is InChI=1S/C12H9BrFNO2/c1-2-7-17-11(16)12(14,8-15)9-3-5-10(13)6-4-9/h2-6H,1,7H2. The highest BCUT2D eigenvalue weighted by molar-refractivity contribution is 9.10. The summed E-state index contributed by atoms with van der Waals surface area (Å²) in [4.78, 5) is 11.5. The van der Waals surface area contributed by atoms with E-state index in [2.05, 4.69) is 27.2 Å². The zero-order valence-electron chi connectivity index (χ0n) is 8.82. The number of halogens is 2. The third kappa shape index (κ3) is 2.92. The molecule has 0 radical (unpaired) electrons. The average molecular weight is 298 g/mol. The quantitative estimate of drug-likeness (QED) is 0.634. The summed E-state index contributed by atoms with van der Waals surface area (Å²) in [7, 11) is 0. The molecule has 1 aromatic rings. The molecule has 88 valence electrons. The SMILES string of the molecule is C=CCOC(=O)C(F)(C#N)c1ccc(Br)cc1.